The van der Waals surface area contributed by atoms with Gasteiger partial charge in [-0.15, -0.1) is 0 Å². The number of methoxy groups -OCH3 is 1. The van der Waals surface area contributed by atoms with Crippen LogP contribution in [-0.4, -0.2) is 50.1 Å². The van der Waals surface area contributed by atoms with E-state index < -0.39 is 22.0 Å². The molecular weight excluding hydrogens is 342 g/mol. The number of carbonyl (C=O) groups is 1. The number of ether oxygens (including phenoxy) is 1. The summed E-state index contributed by atoms with van der Waals surface area (Å²) >= 11 is 0. The molecule has 1 aliphatic rings. The van der Waals surface area contributed by atoms with Gasteiger partial charge in [-0.05, 0) is 37.8 Å². The van der Waals surface area contributed by atoms with Gasteiger partial charge in [0.1, 0.15) is 0 Å². The second kappa shape index (κ2) is 7.68. The predicted molar refractivity (Wildman–Crippen MR) is 94.4 cm³/mol. The molecule has 1 N–H and O–H groups in total. The van der Waals surface area contributed by atoms with Crippen molar-refractivity contribution in [2.24, 2.45) is 11.8 Å². The van der Waals surface area contributed by atoms with Crippen LogP contribution in [0.3, 0.4) is 0 Å². The second-order valence-corrected chi connectivity index (χ2v) is 8.43. The summed E-state index contributed by atoms with van der Waals surface area (Å²) in [5.41, 5.74) is 1.75. The SMILES string of the molecule is C=C(C)[C@H]1CN(S(=O)(=O)c2ccc(C)cc2)[C@H](CO)[C@H]1CC(=O)OC. The monoisotopic (exact) mass is 367 g/mol. The first-order valence-corrected chi connectivity index (χ1v) is 9.58. The highest BCUT2D eigenvalue weighted by Gasteiger charge is 2.47. The van der Waals surface area contributed by atoms with Crippen LogP contribution in [0.15, 0.2) is 41.3 Å². The van der Waals surface area contributed by atoms with E-state index in [1.807, 2.05) is 13.8 Å². The number of sulfonamides is 1. The van der Waals surface area contributed by atoms with Gasteiger partial charge in [0.2, 0.25) is 10.0 Å². The van der Waals surface area contributed by atoms with Crippen molar-refractivity contribution in [3.63, 3.8) is 0 Å². The molecule has 1 saturated heterocycles. The lowest BCUT2D eigenvalue weighted by atomic mass is 9.84. The fourth-order valence-corrected chi connectivity index (χ4v) is 5.06. The van der Waals surface area contributed by atoms with E-state index in [4.69, 9.17) is 4.74 Å². The van der Waals surface area contributed by atoms with Crippen molar-refractivity contribution in [1.29, 1.82) is 0 Å². The van der Waals surface area contributed by atoms with Crippen molar-refractivity contribution in [3.05, 3.63) is 42.0 Å². The van der Waals surface area contributed by atoms with Crippen LogP contribution in [0.5, 0.6) is 0 Å². The molecule has 7 heteroatoms. The van der Waals surface area contributed by atoms with Crippen LogP contribution in [0, 0.1) is 18.8 Å². The Hall–Kier alpha value is -1.70. The zero-order valence-corrected chi connectivity index (χ0v) is 15.6. The van der Waals surface area contributed by atoms with Crippen LogP contribution >= 0.6 is 0 Å². The quantitative estimate of drug-likeness (QED) is 0.611. The van der Waals surface area contributed by atoms with Crippen molar-refractivity contribution in [3.8, 4) is 0 Å². The van der Waals surface area contributed by atoms with Gasteiger partial charge in [0.05, 0.1) is 31.1 Å². The molecule has 0 aromatic heterocycles. The van der Waals surface area contributed by atoms with Gasteiger partial charge in [0.25, 0.3) is 0 Å². The van der Waals surface area contributed by atoms with Gasteiger partial charge < -0.3 is 9.84 Å². The smallest absolute Gasteiger partial charge is 0.305 e. The maximum Gasteiger partial charge on any atom is 0.305 e. The number of aryl methyl sites for hydroxylation is 1. The molecule has 0 amide bonds. The van der Waals surface area contributed by atoms with Crippen molar-refractivity contribution in [2.75, 3.05) is 20.3 Å². The molecule has 1 aromatic rings. The molecule has 25 heavy (non-hydrogen) atoms. The van der Waals surface area contributed by atoms with E-state index in [2.05, 4.69) is 6.58 Å². The molecular formula is C18H25NO5S. The third-order valence-electron chi connectivity index (χ3n) is 4.84. The average Bonchev–Trinajstić information content (AvgIpc) is 2.94. The summed E-state index contributed by atoms with van der Waals surface area (Å²) in [6.45, 7) is 7.46. The molecule has 2 rings (SSSR count). The van der Waals surface area contributed by atoms with Crippen molar-refractivity contribution in [2.45, 2.75) is 31.2 Å². The minimum Gasteiger partial charge on any atom is -0.469 e. The fourth-order valence-electron chi connectivity index (χ4n) is 3.37. The molecule has 0 unspecified atom stereocenters. The lowest BCUT2D eigenvalue weighted by molar-refractivity contribution is -0.142. The van der Waals surface area contributed by atoms with Crippen LogP contribution in [0.4, 0.5) is 0 Å². The lowest BCUT2D eigenvalue weighted by Gasteiger charge is -2.26. The highest BCUT2D eigenvalue weighted by atomic mass is 32.2. The molecule has 0 bridgehead atoms. The van der Waals surface area contributed by atoms with E-state index in [0.717, 1.165) is 11.1 Å². The zero-order valence-electron chi connectivity index (χ0n) is 14.8. The van der Waals surface area contributed by atoms with Crippen LogP contribution in [0.25, 0.3) is 0 Å². The Morgan fingerprint density at radius 3 is 2.44 bits per heavy atom. The van der Waals surface area contributed by atoms with Gasteiger partial charge in [0, 0.05) is 6.54 Å². The minimum atomic E-state index is -3.78. The molecule has 6 nitrogen and oxygen atoms in total. The highest BCUT2D eigenvalue weighted by molar-refractivity contribution is 7.89. The molecule has 0 aliphatic carbocycles. The van der Waals surface area contributed by atoms with Crippen LogP contribution < -0.4 is 0 Å². The van der Waals surface area contributed by atoms with E-state index in [-0.39, 0.29) is 36.3 Å². The number of aliphatic hydroxyl groups is 1. The first-order chi connectivity index (χ1) is 11.7. The molecule has 1 fully saturated rings. The van der Waals surface area contributed by atoms with E-state index in [1.165, 1.54) is 11.4 Å². The van der Waals surface area contributed by atoms with Crippen LogP contribution in [-0.2, 0) is 19.6 Å². The third-order valence-corrected chi connectivity index (χ3v) is 6.74. The molecule has 1 aromatic carbocycles. The third kappa shape index (κ3) is 3.94. The van der Waals surface area contributed by atoms with E-state index in [0.29, 0.717) is 0 Å². The Kier molecular flexibility index (Phi) is 6.03. The van der Waals surface area contributed by atoms with Gasteiger partial charge in [-0.25, -0.2) is 8.42 Å². The van der Waals surface area contributed by atoms with Gasteiger partial charge in [-0.3, -0.25) is 4.79 Å². The number of hydrogen-bond acceptors (Lipinski definition) is 5. The van der Waals surface area contributed by atoms with Gasteiger partial charge in [-0.2, -0.15) is 4.31 Å². The lowest BCUT2D eigenvalue weighted by Crippen LogP contribution is -2.40. The molecule has 0 saturated carbocycles. The largest absolute Gasteiger partial charge is 0.469 e. The van der Waals surface area contributed by atoms with E-state index in [1.54, 1.807) is 24.3 Å². The molecule has 138 valence electrons. The van der Waals surface area contributed by atoms with E-state index >= 15 is 0 Å². The summed E-state index contributed by atoms with van der Waals surface area (Å²) in [7, 11) is -2.49. The Bertz CT molecular complexity index is 741. The number of nitrogens with zero attached hydrogens (tertiary/aromatic N) is 1. The van der Waals surface area contributed by atoms with Crippen LogP contribution in [0.1, 0.15) is 18.9 Å². The maximum absolute atomic E-state index is 13.1. The van der Waals surface area contributed by atoms with Crippen molar-refractivity contribution in [1.82, 2.24) is 4.31 Å². The fraction of sp³-hybridized carbons (Fsp3) is 0.500. The standard InChI is InChI=1S/C18H25NO5S/c1-12(2)16-10-19(17(11-20)15(16)9-18(21)24-4)25(22,23)14-7-5-13(3)6-8-14/h5-8,15-17,20H,1,9-11H2,2-4H3/t15-,16+,17+/m0/s1. The zero-order chi connectivity index (χ0) is 18.8. The Morgan fingerprint density at radius 1 is 1.36 bits per heavy atom. The van der Waals surface area contributed by atoms with Gasteiger partial charge in [-0.1, -0.05) is 29.8 Å². The summed E-state index contributed by atoms with van der Waals surface area (Å²) in [6.07, 6.45) is 0.0408. The predicted octanol–water partition coefficient (Wildman–Crippen LogP) is 1.73. The Morgan fingerprint density at radius 2 is 1.96 bits per heavy atom. The second-order valence-electron chi connectivity index (χ2n) is 6.53. The molecule has 0 spiro atoms. The molecule has 1 aliphatic heterocycles. The first-order valence-electron chi connectivity index (χ1n) is 8.14. The first kappa shape index (κ1) is 19.6. The Labute approximate surface area is 149 Å². The Balaban J connectivity index is 2.41. The van der Waals surface area contributed by atoms with Gasteiger partial charge >= 0.3 is 5.97 Å². The summed E-state index contributed by atoms with van der Waals surface area (Å²) in [5, 5.41) is 9.86. The summed E-state index contributed by atoms with van der Waals surface area (Å²) in [6, 6.07) is 5.90. The molecule has 3 atom stereocenters. The van der Waals surface area contributed by atoms with E-state index in [9.17, 15) is 18.3 Å². The van der Waals surface area contributed by atoms with Gasteiger partial charge in [0.15, 0.2) is 0 Å². The normalized spacial score (nSPS) is 24.2. The summed E-state index contributed by atoms with van der Waals surface area (Å²) < 4.78 is 32.1. The highest BCUT2D eigenvalue weighted by Crippen LogP contribution is 2.39. The number of aliphatic hydroxyl groups excluding tert-OH is 1. The average molecular weight is 367 g/mol. The van der Waals surface area contributed by atoms with Crippen molar-refractivity contribution >= 4 is 16.0 Å². The molecule has 0 radical (unpaired) electrons. The van der Waals surface area contributed by atoms with Crippen LogP contribution in [0.2, 0.25) is 0 Å². The number of esters is 1. The number of benzene rings is 1. The summed E-state index contributed by atoms with van der Waals surface area (Å²) in [5.74, 6) is -1.00. The maximum atomic E-state index is 13.1. The number of rotatable bonds is 6. The minimum absolute atomic E-state index is 0.0408. The number of carbonyl (C=O) groups excluding carboxylic acids is 1. The molecule has 1 heterocycles. The summed E-state index contributed by atoms with van der Waals surface area (Å²) in [4.78, 5) is 11.9. The van der Waals surface area contributed by atoms with Crippen molar-refractivity contribution < 1.29 is 23.1 Å². The topological polar surface area (TPSA) is 83.9 Å². The number of hydrogen-bond donors (Lipinski definition) is 1.